The van der Waals surface area contributed by atoms with E-state index in [9.17, 15) is 13.2 Å². The summed E-state index contributed by atoms with van der Waals surface area (Å²) in [5.41, 5.74) is -0.196. The molecule has 0 saturated carbocycles. The van der Waals surface area contributed by atoms with Crippen LogP contribution in [0, 0.1) is 0 Å². The largest absolute Gasteiger partial charge is 0.493 e. The van der Waals surface area contributed by atoms with Crippen LogP contribution >= 0.6 is 0 Å². The van der Waals surface area contributed by atoms with E-state index in [-0.39, 0.29) is 12.0 Å². The molecule has 0 aliphatic carbocycles. The van der Waals surface area contributed by atoms with Gasteiger partial charge in [-0.25, -0.2) is 9.97 Å². The van der Waals surface area contributed by atoms with Gasteiger partial charge >= 0.3 is 6.18 Å². The van der Waals surface area contributed by atoms with Gasteiger partial charge in [0, 0.05) is 6.20 Å². The third-order valence-corrected chi connectivity index (χ3v) is 3.20. The Morgan fingerprint density at radius 3 is 2.39 bits per heavy atom. The van der Waals surface area contributed by atoms with Crippen LogP contribution in [0.1, 0.15) is 24.2 Å². The van der Waals surface area contributed by atoms with Gasteiger partial charge in [-0.1, -0.05) is 6.07 Å². The topological polar surface area (TPSA) is 56.3 Å². The lowest BCUT2D eigenvalue weighted by Crippen LogP contribution is -2.14. The van der Waals surface area contributed by atoms with Crippen molar-refractivity contribution in [2.45, 2.75) is 19.1 Å². The highest BCUT2D eigenvalue weighted by atomic mass is 19.4. The molecular weight excluding hydrogens is 311 g/mol. The first-order valence-corrected chi connectivity index (χ1v) is 6.74. The second kappa shape index (κ2) is 6.72. The van der Waals surface area contributed by atoms with Crippen molar-refractivity contribution in [3.63, 3.8) is 0 Å². The summed E-state index contributed by atoms with van der Waals surface area (Å²) in [5.74, 6) is 1.00. The van der Waals surface area contributed by atoms with E-state index in [2.05, 4.69) is 15.3 Å². The third-order valence-electron chi connectivity index (χ3n) is 3.20. The first-order chi connectivity index (χ1) is 10.8. The molecule has 5 nitrogen and oxygen atoms in total. The van der Waals surface area contributed by atoms with E-state index in [4.69, 9.17) is 9.47 Å². The highest BCUT2D eigenvalue weighted by molar-refractivity contribution is 5.45. The highest BCUT2D eigenvalue weighted by Gasteiger charge is 2.32. The SMILES string of the molecule is COc1ccc([C@H](C)Nc2nccc(C(F)(F)F)n2)cc1OC. The first-order valence-electron chi connectivity index (χ1n) is 6.74. The molecule has 0 saturated heterocycles. The van der Waals surface area contributed by atoms with E-state index < -0.39 is 11.9 Å². The molecule has 1 N–H and O–H groups in total. The van der Waals surface area contributed by atoms with Crippen molar-refractivity contribution in [3.05, 3.63) is 41.7 Å². The van der Waals surface area contributed by atoms with Gasteiger partial charge in [0.15, 0.2) is 11.5 Å². The molecule has 0 aliphatic rings. The van der Waals surface area contributed by atoms with Crippen LogP contribution in [-0.2, 0) is 6.18 Å². The van der Waals surface area contributed by atoms with Gasteiger partial charge in [-0.05, 0) is 30.7 Å². The van der Waals surface area contributed by atoms with E-state index >= 15 is 0 Å². The lowest BCUT2D eigenvalue weighted by Gasteiger charge is -2.17. The summed E-state index contributed by atoms with van der Waals surface area (Å²) in [4.78, 5) is 7.30. The van der Waals surface area contributed by atoms with Crippen LogP contribution in [0.2, 0.25) is 0 Å². The van der Waals surface area contributed by atoms with Crippen LogP contribution in [0.25, 0.3) is 0 Å². The molecule has 8 heteroatoms. The average Bonchev–Trinajstić information content (AvgIpc) is 2.53. The van der Waals surface area contributed by atoms with Crippen molar-refractivity contribution >= 4 is 5.95 Å². The van der Waals surface area contributed by atoms with Crippen molar-refractivity contribution in [2.75, 3.05) is 19.5 Å². The summed E-state index contributed by atoms with van der Waals surface area (Å²) < 4.78 is 48.3. The number of hydrogen-bond acceptors (Lipinski definition) is 5. The molecule has 124 valence electrons. The van der Waals surface area contributed by atoms with E-state index in [1.54, 1.807) is 25.1 Å². The minimum absolute atomic E-state index is 0.0953. The second-order valence-corrected chi connectivity index (χ2v) is 4.74. The zero-order valence-corrected chi connectivity index (χ0v) is 12.8. The molecule has 0 radical (unpaired) electrons. The number of rotatable bonds is 5. The number of anilines is 1. The summed E-state index contributed by atoms with van der Waals surface area (Å²) in [6, 6.07) is 5.75. The van der Waals surface area contributed by atoms with Gasteiger partial charge in [0.2, 0.25) is 5.95 Å². The molecule has 1 heterocycles. The maximum Gasteiger partial charge on any atom is 0.433 e. The normalized spacial score (nSPS) is 12.6. The molecule has 0 spiro atoms. The predicted molar refractivity (Wildman–Crippen MR) is 78.6 cm³/mol. The van der Waals surface area contributed by atoms with Gasteiger partial charge in [-0.3, -0.25) is 0 Å². The maximum atomic E-state index is 12.7. The summed E-state index contributed by atoms with van der Waals surface area (Å²) in [7, 11) is 3.03. The number of alkyl halides is 3. The Morgan fingerprint density at radius 1 is 1.09 bits per heavy atom. The molecule has 0 amide bonds. The smallest absolute Gasteiger partial charge is 0.433 e. The summed E-state index contributed by atoms with van der Waals surface area (Å²) in [5, 5.41) is 2.84. The third kappa shape index (κ3) is 4.02. The zero-order valence-electron chi connectivity index (χ0n) is 12.8. The maximum absolute atomic E-state index is 12.7. The van der Waals surface area contributed by atoms with Crippen molar-refractivity contribution in [2.24, 2.45) is 0 Å². The molecule has 2 rings (SSSR count). The van der Waals surface area contributed by atoms with Crippen LogP contribution in [0.4, 0.5) is 19.1 Å². The van der Waals surface area contributed by atoms with Gasteiger partial charge in [0.05, 0.1) is 20.3 Å². The Hall–Kier alpha value is -2.51. The fraction of sp³-hybridized carbons (Fsp3) is 0.333. The van der Waals surface area contributed by atoms with Crippen LogP contribution in [0.15, 0.2) is 30.5 Å². The number of halogens is 3. The lowest BCUT2D eigenvalue weighted by molar-refractivity contribution is -0.141. The molecule has 2 aromatic rings. The Labute approximate surface area is 131 Å². The Morgan fingerprint density at radius 2 is 1.78 bits per heavy atom. The van der Waals surface area contributed by atoms with E-state index in [0.29, 0.717) is 11.5 Å². The zero-order chi connectivity index (χ0) is 17.0. The van der Waals surface area contributed by atoms with Crippen LogP contribution in [-0.4, -0.2) is 24.2 Å². The number of hydrogen-bond donors (Lipinski definition) is 1. The summed E-state index contributed by atoms with van der Waals surface area (Å²) in [6.07, 6.45) is -3.44. The summed E-state index contributed by atoms with van der Waals surface area (Å²) >= 11 is 0. The van der Waals surface area contributed by atoms with Gasteiger partial charge < -0.3 is 14.8 Å². The molecule has 0 unspecified atom stereocenters. The minimum Gasteiger partial charge on any atom is -0.493 e. The van der Waals surface area contributed by atoms with Crippen LogP contribution in [0.3, 0.4) is 0 Å². The number of benzene rings is 1. The quantitative estimate of drug-likeness (QED) is 0.908. The monoisotopic (exact) mass is 327 g/mol. The Bertz CT molecular complexity index is 677. The highest BCUT2D eigenvalue weighted by Crippen LogP contribution is 2.31. The minimum atomic E-state index is -4.51. The molecule has 0 bridgehead atoms. The van der Waals surface area contributed by atoms with E-state index in [0.717, 1.165) is 17.8 Å². The average molecular weight is 327 g/mol. The van der Waals surface area contributed by atoms with Gasteiger partial charge in [-0.2, -0.15) is 13.2 Å². The number of aromatic nitrogens is 2. The molecule has 1 aromatic heterocycles. The molecule has 1 aromatic carbocycles. The fourth-order valence-corrected chi connectivity index (χ4v) is 1.99. The first kappa shape index (κ1) is 16.9. The van der Waals surface area contributed by atoms with Crippen molar-refractivity contribution < 1.29 is 22.6 Å². The van der Waals surface area contributed by atoms with Gasteiger partial charge in [-0.15, -0.1) is 0 Å². The van der Waals surface area contributed by atoms with Crippen molar-refractivity contribution in [3.8, 4) is 11.5 Å². The Kier molecular flexibility index (Phi) is 4.92. The second-order valence-electron chi connectivity index (χ2n) is 4.74. The lowest BCUT2D eigenvalue weighted by atomic mass is 10.1. The van der Waals surface area contributed by atoms with Gasteiger partial charge in [0.1, 0.15) is 5.69 Å². The molecular formula is C15H16F3N3O2. The van der Waals surface area contributed by atoms with Crippen LogP contribution in [0.5, 0.6) is 11.5 Å². The number of methoxy groups -OCH3 is 2. The standard InChI is InChI=1S/C15H16F3N3O2/c1-9(10-4-5-11(22-2)12(8-10)23-3)20-14-19-7-6-13(21-14)15(16,17)18/h4-9H,1-3H3,(H,19,20,21)/t9-/m0/s1. The van der Waals surface area contributed by atoms with Crippen molar-refractivity contribution in [1.82, 2.24) is 9.97 Å². The summed E-state index contributed by atoms with van der Waals surface area (Å²) in [6.45, 7) is 1.78. The van der Waals surface area contributed by atoms with Crippen molar-refractivity contribution in [1.29, 1.82) is 0 Å². The number of nitrogens with zero attached hydrogens (tertiary/aromatic N) is 2. The van der Waals surface area contributed by atoms with E-state index in [1.165, 1.54) is 14.2 Å². The molecule has 0 fully saturated rings. The van der Waals surface area contributed by atoms with Gasteiger partial charge in [0.25, 0.3) is 0 Å². The van der Waals surface area contributed by atoms with E-state index in [1.807, 2.05) is 0 Å². The molecule has 0 aliphatic heterocycles. The predicted octanol–water partition coefficient (Wildman–Crippen LogP) is 3.69. The Balaban J connectivity index is 2.21. The number of ether oxygens (including phenoxy) is 2. The van der Waals surface area contributed by atoms with Crippen LogP contribution < -0.4 is 14.8 Å². The fourth-order valence-electron chi connectivity index (χ4n) is 1.99. The molecule has 23 heavy (non-hydrogen) atoms. The molecule has 1 atom stereocenters. The number of nitrogens with one attached hydrogen (secondary N) is 1.